The molecule has 0 atom stereocenters. The Morgan fingerprint density at radius 2 is 1.58 bits per heavy atom. The van der Waals surface area contributed by atoms with Gasteiger partial charge in [0.25, 0.3) is 11.8 Å². The predicted octanol–water partition coefficient (Wildman–Crippen LogP) is 3.56. The highest BCUT2D eigenvalue weighted by molar-refractivity contribution is 5.95. The van der Waals surface area contributed by atoms with Crippen molar-refractivity contribution in [2.45, 2.75) is 13.5 Å². The Balaban J connectivity index is 1.52. The maximum atomic E-state index is 12.4. The first kappa shape index (κ1) is 21.6. The molecule has 0 unspecified atom stereocenters. The molecule has 7 heteroatoms. The molecule has 2 amide bonds. The maximum Gasteiger partial charge on any atom is 0.308 e. The first-order valence-electron chi connectivity index (χ1n) is 9.63. The second-order valence-electron chi connectivity index (χ2n) is 6.65. The summed E-state index contributed by atoms with van der Waals surface area (Å²) in [6.07, 6.45) is 0. The van der Waals surface area contributed by atoms with Crippen LogP contribution in [0.4, 0.5) is 5.69 Å². The minimum atomic E-state index is -0.453. The van der Waals surface area contributed by atoms with Crippen LogP contribution in [0.3, 0.4) is 0 Å². The van der Waals surface area contributed by atoms with E-state index in [0.717, 1.165) is 5.56 Å². The van der Waals surface area contributed by atoms with Crippen molar-refractivity contribution < 1.29 is 23.9 Å². The molecule has 0 radical (unpaired) electrons. The smallest absolute Gasteiger partial charge is 0.308 e. The second-order valence-corrected chi connectivity index (χ2v) is 6.65. The number of hydrogen-bond donors (Lipinski definition) is 2. The summed E-state index contributed by atoms with van der Waals surface area (Å²) in [5.41, 5.74) is 1.79. The Labute approximate surface area is 180 Å². The third-order valence-electron chi connectivity index (χ3n) is 4.13. The molecule has 3 aromatic carbocycles. The number of anilines is 1. The Morgan fingerprint density at radius 1 is 0.839 bits per heavy atom. The van der Waals surface area contributed by atoms with Crippen LogP contribution in [0.25, 0.3) is 0 Å². The fraction of sp³-hybridized carbons (Fsp3) is 0.125. The Hall–Kier alpha value is -4.13. The van der Waals surface area contributed by atoms with Crippen molar-refractivity contribution in [3.8, 4) is 11.5 Å². The van der Waals surface area contributed by atoms with Crippen molar-refractivity contribution >= 4 is 23.5 Å². The summed E-state index contributed by atoms with van der Waals surface area (Å²) in [6, 6.07) is 22.6. The third kappa shape index (κ3) is 7.01. The fourth-order valence-corrected chi connectivity index (χ4v) is 2.77. The summed E-state index contributed by atoms with van der Waals surface area (Å²) in [4.78, 5) is 35.6. The molecular weight excluding hydrogens is 396 g/mol. The maximum absolute atomic E-state index is 12.4. The molecular formula is C24H22N2O5. The van der Waals surface area contributed by atoms with E-state index in [0.29, 0.717) is 22.7 Å². The van der Waals surface area contributed by atoms with Gasteiger partial charge in [-0.1, -0.05) is 36.4 Å². The van der Waals surface area contributed by atoms with Gasteiger partial charge in [-0.3, -0.25) is 14.4 Å². The summed E-state index contributed by atoms with van der Waals surface area (Å²) in [5, 5.41) is 5.58. The molecule has 0 aromatic heterocycles. The molecule has 0 bridgehead atoms. The van der Waals surface area contributed by atoms with Crippen molar-refractivity contribution in [1.82, 2.24) is 5.32 Å². The monoisotopic (exact) mass is 418 g/mol. The summed E-state index contributed by atoms with van der Waals surface area (Å²) in [6.45, 7) is 1.46. The molecule has 0 heterocycles. The van der Waals surface area contributed by atoms with Gasteiger partial charge in [0, 0.05) is 24.7 Å². The highest BCUT2D eigenvalue weighted by atomic mass is 16.5. The zero-order valence-electron chi connectivity index (χ0n) is 17.0. The molecule has 0 aliphatic rings. The number of ether oxygens (including phenoxy) is 2. The van der Waals surface area contributed by atoms with Crippen molar-refractivity contribution in [3.63, 3.8) is 0 Å². The van der Waals surface area contributed by atoms with Crippen molar-refractivity contribution in [1.29, 1.82) is 0 Å². The molecule has 0 aliphatic carbocycles. The summed E-state index contributed by atoms with van der Waals surface area (Å²) >= 11 is 0. The molecule has 0 aliphatic heterocycles. The number of nitrogens with one attached hydrogen (secondary N) is 2. The number of carbonyl (C=O) groups excluding carboxylic acids is 3. The highest BCUT2D eigenvalue weighted by Crippen LogP contribution is 2.15. The minimum Gasteiger partial charge on any atom is -0.484 e. The van der Waals surface area contributed by atoms with Crippen molar-refractivity contribution in [2.75, 3.05) is 11.9 Å². The predicted molar refractivity (Wildman–Crippen MR) is 116 cm³/mol. The van der Waals surface area contributed by atoms with Gasteiger partial charge in [-0.2, -0.15) is 0 Å². The average molecular weight is 418 g/mol. The molecule has 0 saturated heterocycles. The lowest BCUT2D eigenvalue weighted by Gasteiger charge is -2.10. The van der Waals surface area contributed by atoms with Crippen LogP contribution in [0.1, 0.15) is 22.8 Å². The van der Waals surface area contributed by atoms with Gasteiger partial charge in [-0.25, -0.2) is 0 Å². The van der Waals surface area contributed by atoms with Gasteiger partial charge in [-0.15, -0.1) is 0 Å². The van der Waals surface area contributed by atoms with Gasteiger partial charge < -0.3 is 20.1 Å². The molecule has 3 aromatic rings. The molecule has 0 saturated carbocycles. The molecule has 7 nitrogen and oxygen atoms in total. The average Bonchev–Trinajstić information content (AvgIpc) is 2.77. The van der Waals surface area contributed by atoms with E-state index < -0.39 is 5.97 Å². The van der Waals surface area contributed by atoms with Crippen LogP contribution in [0.5, 0.6) is 11.5 Å². The van der Waals surface area contributed by atoms with E-state index in [-0.39, 0.29) is 25.0 Å². The van der Waals surface area contributed by atoms with E-state index in [1.807, 2.05) is 24.3 Å². The molecule has 31 heavy (non-hydrogen) atoms. The summed E-state index contributed by atoms with van der Waals surface area (Å²) < 4.78 is 10.4. The lowest BCUT2D eigenvalue weighted by atomic mass is 10.1. The van der Waals surface area contributed by atoms with E-state index >= 15 is 0 Å². The molecule has 158 valence electrons. The van der Waals surface area contributed by atoms with Crippen LogP contribution in [-0.2, 0) is 16.1 Å². The number of benzene rings is 3. The second kappa shape index (κ2) is 10.6. The lowest BCUT2D eigenvalue weighted by molar-refractivity contribution is -0.131. The number of esters is 1. The van der Waals surface area contributed by atoms with Crippen LogP contribution >= 0.6 is 0 Å². The van der Waals surface area contributed by atoms with E-state index in [9.17, 15) is 14.4 Å². The third-order valence-corrected chi connectivity index (χ3v) is 4.13. The van der Waals surface area contributed by atoms with Crippen LogP contribution in [0, 0.1) is 0 Å². The first-order chi connectivity index (χ1) is 15.0. The highest BCUT2D eigenvalue weighted by Gasteiger charge is 2.09. The van der Waals surface area contributed by atoms with Crippen molar-refractivity contribution in [2.24, 2.45) is 0 Å². The Kier molecular flexibility index (Phi) is 7.37. The van der Waals surface area contributed by atoms with Gasteiger partial charge in [-0.05, 0) is 48.0 Å². The number of amides is 2. The van der Waals surface area contributed by atoms with Crippen LogP contribution in [0.15, 0.2) is 78.9 Å². The number of para-hydroxylation sites is 1. The topological polar surface area (TPSA) is 93.7 Å². The standard InChI is InChI=1S/C24H22N2O5/c1-17(27)31-22-12-6-8-19(14-22)24(29)25-15-18-7-5-9-20(13-18)26-23(28)16-30-21-10-3-2-4-11-21/h2-14H,15-16H2,1H3,(H,25,29)(H,26,28). The number of carbonyl (C=O) groups is 3. The lowest BCUT2D eigenvalue weighted by Crippen LogP contribution is -2.23. The van der Waals surface area contributed by atoms with Crippen molar-refractivity contribution in [3.05, 3.63) is 90.0 Å². The van der Waals surface area contributed by atoms with Gasteiger partial charge in [0.15, 0.2) is 6.61 Å². The normalized spacial score (nSPS) is 10.1. The Morgan fingerprint density at radius 3 is 2.35 bits per heavy atom. The largest absolute Gasteiger partial charge is 0.484 e. The molecule has 0 spiro atoms. The van der Waals surface area contributed by atoms with Gasteiger partial charge in [0.1, 0.15) is 11.5 Å². The van der Waals surface area contributed by atoms with E-state index in [1.54, 1.807) is 48.5 Å². The number of rotatable bonds is 8. The molecule has 3 rings (SSSR count). The van der Waals surface area contributed by atoms with Crippen LogP contribution in [-0.4, -0.2) is 24.4 Å². The summed E-state index contributed by atoms with van der Waals surface area (Å²) in [5.74, 6) is -0.118. The van der Waals surface area contributed by atoms with E-state index in [1.165, 1.54) is 13.0 Å². The fourth-order valence-electron chi connectivity index (χ4n) is 2.77. The van der Waals surface area contributed by atoms with Gasteiger partial charge in [0.05, 0.1) is 0 Å². The van der Waals surface area contributed by atoms with Crippen LogP contribution in [0.2, 0.25) is 0 Å². The van der Waals surface area contributed by atoms with Gasteiger partial charge in [0.2, 0.25) is 0 Å². The van der Waals surface area contributed by atoms with Crippen LogP contribution < -0.4 is 20.1 Å². The summed E-state index contributed by atoms with van der Waals surface area (Å²) in [7, 11) is 0. The SMILES string of the molecule is CC(=O)Oc1cccc(C(=O)NCc2cccc(NC(=O)COc3ccccc3)c2)c1. The zero-order valence-corrected chi connectivity index (χ0v) is 17.0. The van der Waals surface area contributed by atoms with E-state index in [4.69, 9.17) is 9.47 Å². The minimum absolute atomic E-state index is 0.107. The van der Waals surface area contributed by atoms with Gasteiger partial charge >= 0.3 is 5.97 Å². The molecule has 0 fully saturated rings. The number of hydrogen-bond acceptors (Lipinski definition) is 5. The Bertz CT molecular complexity index is 1070. The molecule has 2 N–H and O–H groups in total. The zero-order chi connectivity index (χ0) is 22.1. The first-order valence-corrected chi connectivity index (χ1v) is 9.63. The van der Waals surface area contributed by atoms with E-state index in [2.05, 4.69) is 10.6 Å². The quantitative estimate of drug-likeness (QED) is 0.431.